The van der Waals surface area contributed by atoms with E-state index in [1.807, 2.05) is 35.2 Å². The zero-order valence-corrected chi connectivity index (χ0v) is 14.6. The second-order valence-corrected chi connectivity index (χ2v) is 7.51. The Hall–Kier alpha value is -2.01. The number of carbonyl (C=O) groups excluding carboxylic acids is 1. The maximum Gasteiger partial charge on any atom is 0.263 e. The van der Waals surface area contributed by atoms with Crippen LogP contribution in [-0.2, 0) is 0 Å². The Kier molecular flexibility index (Phi) is 4.19. The van der Waals surface area contributed by atoms with Crippen LogP contribution in [0.3, 0.4) is 0 Å². The van der Waals surface area contributed by atoms with Gasteiger partial charge in [0.1, 0.15) is 0 Å². The monoisotopic (exact) mass is 343 g/mol. The van der Waals surface area contributed by atoms with Gasteiger partial charge in [0, 0.05) is 18.0 Å². The van der Waals surface area contributed by atoms with Crippen molar-refractivity contribution >= 4 is 17.2 Å². The largest absolute Gasteiger partial charge is 0.454 e. The van der Waals surface area contributed by atoms with Crippen LogP contribution in [0.15, 0.2) is 30.3 Å². The van der Waals surface area contributed by atoms with Crippen LogP contribution < -0.4 is 9.47 Å². The van der Waals surface area contributed by atoms with Crippen molar-refractivity contribution in [2.75, 3.05) is 19.9 Å². The first-order valence-corrected chi connectivity index (χ1v) is 9.35. The molecular weight excluding hydrogens is 322 g/mol. The van der Waals surface area contributed by atoms with Crippen molar-refractivity contribution in [2.24, 2.45) is 5.92 Å². The van der Waals surface area contributed by atoms with E-state index < -0.39 is 0 Å². The third-order valence-electron chi connectivity index (χ3n) is 4.43. The summed E-state index contributed by atoms with van der Waals surface area (Å²) in [7, 11) is 0. The topological polar surface area (TPSA) is 38.8 Å². The molecule has 1 aliphatic carbocycles. The summed E-state index contributed by atoms with van der Waals surface area (Å²) >= 11 is 1.55. The van der Waals surface area contributed by atoms with Crippen molar-refractivity contribution < 1.29 is 14.3 Å². The lowest BCUT2D eigenvalue weighted by Gasteiger charge is -2.21. The Morgan fingerprint density at radius 2 is 2.04 bits per heavy atom. The summed E-state index contributed by atoms with van der Waals surface area (Å²) in [4.78, 5) is 16.7. The summed E-state index contributed by atoms with van der Waals surface area (Å²) in [5.41, 5.74) is 1.06. The normalized spacial score (nSPS) is 15.5. The number of rotatable bonds is 6. The standard InChI is InChI=1S/C19H21NO3S/c1-2-9-20(11-13-3-4-13)19(21)18-8-7-17(24-18)14-5-6-15-16(10-14)23-12-22-15/h5-8,10,13H,2-4,9,11-12H2,1H3. The maximum atomic E-state index is 12.8. The number of fused-ring (bicyclic) bond motifs is 1. The molecular formula is C19H21NO3S. The molecule has 24 heavy (non-hydrogen) atoms. The molecule has 1 aromatic heterocycles. The van der Waals surface area contributed by atoms with Gasteiger partial charge in [0.2, 0.25) is 6.79 Å². The predicted octanol–water partition coefficient (Wildman–Crippen LogP) is 4.41. The maximum absolute atomic E-state index is 12.8. The van der Waals surface area contributed by atoms with E-state index in [0.29, 0.717) is 5.92 Å². The third-order valence-corrected chi connectivity index (χ3v) is 5.55. The van der Waals surface area contributed by atoms with Gasteiger partial charge in [0.25, 0.3) is 5.91 Å². The van der Waals surface area contributed by atoms with Crippen molar-refractivity contribution in [1.29, 1.82) is 0 Å². The fourth-order valence-corrected chi connectivity index (χ4v) is 3.94. The van der Waals surface area contributed by atoms with Crippen LogP contribution in [-0.4, -0.2) is 30.7 Å². The molecule has 1 aromatic carbocycles. The summed E-state index contributed by atoms with van der Waals surface area (Å²) in [5, 5.41) is 0. The highest BCUT2D eigenvalue weighted by atomic mass is 32.1. The van der Waals surface area contributed by atoms with Gasteiger partial charge in [-0.25, -0.2) is 0 Å². The summed E-state index contributed by atoms with van der Waals surface area (Å²) in [6.45, 7) is 4.15. The van der Waals surface area contributed by atoms with Crippen molar-refractivity contribution in [2.45, 2.75) is 26.2 Å². The molecule has 2 aliphatic rings. The number of nitrogens with zero attached hydrogens (tertiary/aromatic N) is 1. The summed E-state index contributed by atoms with van der Waals surface area (Å²) in [5.74, 6) is 2.44. The van der Waals surface area contributed by atoms with Crippen LogP contribution in [0.25, 0.3) is 10.4 Å². The minimum Gasteiger partial charge on any atom is -0.454 e. The molecule has 1 amide bonds. The lowest BCUT2D eigenvalue weighted by Crippen LogP contribution is -2.33. The van der Waals surface area contributed by atoms with Gasteiger partial charge in [-0.05, 0) is 61.1 Å². The zero-order valence-electron chi connectivity index (χ0n) is 13.8. The zero-order chi connectivity index (χ0) is 16.5. The van der Waals surface area contributed by atoms with Gasteiger partial charge in [-0.1, -0.05) is 6.92 Å². The van der Waals surface area contributed by atoms with Crippen LogP contribution >= 0.6 is 11.3 Å². The van der Waals surface area contributed by atoms with Gasteiger partial charge in [-0.3, -0.25) is 4.79 Å². The third kappa shape index (κ3) is 3.13. The Balaban J connectivity index is 1.53. The van der Waals surface area contributed by atoms with E-state index in [2.05, 4.69) is 6.92 Å². The van der Waals surface area contributed by atoms with E-state index in [1.54, 1.807) is 11.3 Å². The first-order chi connectivity index (χ1) is 11.7. The summed E-state index contributed by atoms with van der Waals surface area (Å²) < 4.78 is 10.8. The predicted molar refractivity (Wildman–Crippen MR) is 94.8 cm³/mol. The van der Waals surface area contributed by atoms with Crippen LogP contribution in [0.2, 0.25) is 0 Å². The molecule has 0 unspecified atom stereocenters. The average molecular weight is 343 g/mol. The number of hydrogen-bond acceptors (Lipinski definition) is 4. The van der Waals surface area contributed by atoms with E-state index in [9.17, 15) is 4.79 Å². The molecule has 1 fully saturated rings. The van der Waals surface area contributed by atoms with Crippen molar-refractivity contribution in [3.63, 3.8) is 0 Å². The molecule has 2 heterocycles. The first-order valence-electron chi connectivity index (χ1n) is 8.53. The minimum absolute atomic E-state index is 0.167. The molecule has 0 saturated heterocycles. The highest BCUT2D eigenvalue weighted by Crippen LogP contribution is 2.38. The molecule has 0 bridgehead atoms. The lowest BCUT2D eigenvalue weighted by atomic mass is 10.1. The smallest absolute Gasteiger partial charge is 0.263 e. The second-order valence-electron chi connectivity index (χ2n) is 6.43. The fourth-order valence-electron chi connectivity index (χ4n) is 2.97. The van der Waals surface area contributed by atoms with Crippen LogP contribution in [0.4, 0.5) is 0 Å². The number of amides is 1. The quantitative estimate of drug-likeness (QED) is 0.780. The number of hydrogen-bond donors (Lipinski definition) is 0. The van der Waals surface area contributed by atoms with Crippen molar-refractivity contribution in [1.82, 2.24) is 4.90 Å². The Morgan fingerprint density at radius 1 is 1.21 bits per heavy atom. The van der Waals surface area contributed by atoms with Gasteiger partial charge in [0.05, 0.1) is 4.88 Å². The lowest BCUT2D eigenvalue weighted by molar-refractivity contribution is 0.0752. The van der Waals surface area contributed by atoms with Crippen LogP contribution in [0, 0.1) is 5.92 Å². The van der Waals surface area contributed by atoms with Gasteiger partial charge >= 0.3 is 0 Å². The summed E-state index contributed by atoms with van der Waals surface area (Å²) in [6, 6.07) is 9.90. The molecule has 4 rings (SSSR count). The van der Waals surface area contributed by atoms with Crippen LogP contribution in [0.1, 0.15) is 35.9 Å². The van der Waals surface area contributed by atoms with Crippen molar-refractivity contribution in [3.8, 4) is 21.9 Å². The van der Waals surface area contributed by atoms with E-state index in [1.165, 1.54) is 12.8 Å². The average Bonchev–Trinajstić information content (AvgIpc) is 3.10. The highest BCUT2D eigenvalue weighted by molar-refractivity contribution is 7.17. The molecule has 0 N–H and O–H groups in total. The van der Waals surface area contributed by atoms with Gasteiger partial charge in [-0.2, -0.15) is 0 Å². The number of thiophene rings is 1. The SMILES string of the molecule is CCCN(CC1CC1)C(=O)c1ccc(-c2ccc3c(c2)OCO3)s1. The Bertz CT molecular complexity index is 751. The molecule has 0 radical (unpaired) electrons. The molecule has 1 aliphatic heterocycles. The molecule has 1 saturated carbocycles. The minimum atomic E-state index is 0.167. The number of benzene rings is 1. The van der Waals surface area contributed by atoms with Gasteiger partial charge < -0.3 is 14.4 Å². The van der Waals surface area contributed by atoms with Crippen LogP contribution in [0.5, 0.6) is 11.5 Å². The van der Waals surface area contributed by atoms with Gasteiger partial charge in [0.15, 0.2) is 11.5 Å². The van der Waals surface area contributed by atoms with E-state index in [0.717, 1.165) is 46.3 Å². The van der Waals surface area contributed by atoms with E-state index in [-0.39, 0.29) is 12.7 Å². The molecule has 0 spiro atoms. The molecule has 2 aromatic rings. The highest BCUT2D eigenvalue weighted by Gasteiger charge is 2.27. The molecule has 4 nitrogen and oxygen atoms in total. The summed E-state index contributed by atoms with van der Waals surface area (Å²) in [6.07, 6.45) is 3.53. The van der Waals surface area contributed by atoms with Gasteiger partial charge in [-0.15, -0.1) is 11.3 Å². The Morgan fingerprint density at radius 3 is 2.83 bits per heavy atom. The van der Waals surface area contributed by atoms with Crippen molar-refractivity contribution in [3.05, 3.63) is 35.2 Å². The molecule has 0 atom stereocenters. The molecule has 5 heteroatoms. The molecule has 126 valence electrons. The number of ether oxygens (including phenoxy) is 2. The first kappa shape index (κ1) is 15.5. The number of carbonyl (C=O) groups is 1. The van der Waals surface area contributed by atoms with E-state index >= 15 is 0 Å². The Labute approximate surface area is 146 Å². The van der Waals surface area contributed by atoms with E-state index in [4.69, 9.17) is 9.47 Å². The fraction of sp³-hybridized carbons (Fsp3) is 0.421. The second kappa shape index (κ2) is 6.48.